The molecule has 0 radical (unpaired) electrons. The van der Waals surface area contributed by atoms with Crippen LogP contribution in [0.5, 0.6) is 5.75 Å². The van der Waals surface area contributed by atoms with Crippen molar-refractivity contribution in [2.45, 2.75) is 23.5 Å². The van der Waals surface area contributed by atoms with Crippen LogP contribution in [-0.2, 0) is 29.0 Å². The molecule has 1 aliphatic heterocycles. The first-order valence-electron chi connectivity index (χ1n) is 12.8. The molecule has 1 aliphatic rings. The Hall–Kier alpha value is -3.97. The van der Waals surface area contributed by atoms with Crippen LogP contribution < -0.4 is 10.2 Å². The normalized spacial score (nSPS) is 17.1. The molecule has 0 amide bonds. The third kappa shape index (κ3) is 7.03. The average Bonchev–Trinajstić information content (AvgIpc) is 2.99. The highest BCUT2D eigenvalue weighted by atomic mass is 32.2. The standard InChI is InChI=1S/C29H31NO10S/c1-3-15-38-29(33)26-17-20(24-19-39-25-7-5-4-6-23(25)28(24)32)18-27(40-26)37-16-13-30(12-14-31)41(34,35)22-10-8-21(36-2)9-11-22/h3-11,17,19-20,27,31H,1,12-16,18H2,2H3. The van der Waals surface area contributed by atoms with Gasteiger partial charge < -0.3 is 28.5 Å². The van der Waals surface area contributed by atoms with Gasteiger partial charge in [0, 0.05) is 31.0 Å². The second kappa shape index (κ2) is 13.6. The first kappa shape index (κ1) is 30.0. The van der Waals surface area contributed by atoms with E-state index in [1.807, 2.05) is 0 Å². The molecule has 2 unspecified atom stereocenters. The topological polar surface area (TPSA) is 142 Å². The number of esters is 1. The molecule has 0 spiro atoms. The van der Waals surface area contributed by atoms with Crippen molar-refractivity contribution >= 4 is 27.0 Å². The van der Waals surface area contributed by atoms with E-state index in [-0.39, 0.29) is 48.8 Å². The van der Waals surface area contributed by atoms with Gasteiger partial charge in [-0.25, -0.2) is 13.2 Å². The lowest BCUT2D eigenvalue weighted by Gasteiger charge is -2.29. The summed E-state index contributed by atoms with van der Waals surface area (Å²) in [4.78, 5) is 25.9. The van der Waals surface area contributed by atoms with Crippen molar-refractivity contribution in [3.05, 3.63) is 95.1 Å². The maximum atomic E-state index is 13.2. The van der Waals surface area contributed by atoms with Crippen LogP contribution >= 0.6 is 0 Å². The Morgan fingerprint density at radius 3 is 2.63 bits per heavy atom. The first-order valence-corrected chi connectivity index (χ1v) is 14.3. The molecule has 4 rings (SSSR count). The minimum atomic E-state index is -3.96. The smallest absolute Gasteiger partial charge is 0.373 e. The fourth-order valence-corrected chi connectivity index (χ4v) is 5.74. The number of sulfonamides is 1. The molecule has 3 aromatic rings. The van der Waals surface area contributed by atoms with Gasteiger partial charge in [-0.15, -0.1) is 0 Å². The Morgan fingerprint density at radius 1 is 1.17 bits per heavy atom. The third-order valence-corrected chi connectivity index (χ3v) is 8.30. The van der Waals surface area contributed by atoms with Crippen molar-refractivity contribution in [2.75, 3.05) is 40.0 Å². The number of methoxy groups -OCH3 is 1. The summed E-state index contributed by atoms with van der Waals surface area (Å²) in [7, 11) is -2.48. The third-order valence-electron chi connectivity index (χ3n) is 6.39. The highest BCUT2D eigenvalue weighted by Gasteiger charge is 2.32. The number of carbonyl (C=O) groups is 1. The number of rotatable bonds is 13. The Bertz CT molecular complexity index is 1560. The summed E-state index contributed by atoms with van der Waals surface area (Å²) in [5.74, 6) is -1.03. The van der Waals surface area contributed by atoms with Crippen molar-refractivity contribution < 1.29 is 41.7 Å². The van der Waals surface area contributed by atoms with Crippen molar-refractivity contribution in [1.29, 1.82) is 0 Å². The molecule has 41 heavy (non-hydrogen) atoms. The largest absolute Gasteiger partial charge is 0.497 e. The number of allylic oxidation sites excluding steroid dienone is 1. The summed E-state index contributed by atoms with van der Waals surface area (Å²) in [6.07, 6.45) is 3.38. The van der Waals surface area contributed by atoms with Crippen LogP contribution in [0.4, 0.5) is 0 Å². The molecule has 1 aromatic heterocycles. The van der Waals surface area contributed by atoms with E-state index in [0.717, 1.165) is 4.31 Å². The first-order chi connectivity index (χ1) is 19.8. The van der Waals surface area contributed by atoms with Gasteiger partial charge in [0.15, 0.2) is 5.43 Å². The molecule has 0 bridgehead atoms. The molecule has 0 saturated carbocycles. The monoisotopic (exact) mass is 585 g/mol. The van der Waals surface area contributed by atoms with Gasteiger partial charge in [0.25, 0.3) is 0 Å². The number of aliphatic hydroxyl groups excluding tert-OH is 1. The molecule has 218 valence electrons. The molecular weight excluding hydrogens is 554 g/mol. The zero-order chi connectivity index (χ0) is 29.4. The Morgan fingerprint density at radius 2 is 1.93 bits per heavy atom. The summed E-state index contributed by atoms with van der Waals surface area (Å²) in [5, 5.41) is 9.90. The molecule has 2 atom stereocenters. The van der Waals surface area contributed by atoms with Crippen molar-refractivity contribution in [3.8, 4) is 5.75 Å². The average molecular weight is 586 g/mol. The maximum absolute atomic E-state index is 13.2. The number of nitrogens with zero attached hydrogens (tertiary/aromatic N) is 1. The maximum Gasteiger partial charge on any atom is 0.373 e. The van der Waals surface area contributed by atoms with Crippen LogP contribution in [0, 0.1) is 0 Å². The molecule has 0 saturated heterocycles. The number of carbonyl (C=O) groups excluding carboxylic acids is 1. The van der Waals surface area contributed by atoms with Crippen molar-refractivity contribution in [2.24, 2.45) is 0 Å². The van der Waals surface area contributed by atoms with Crippen LogP contribution in [0.3, 0.4) is 0 Å². The summed E-state index contributed by atoms with van der Waals surface area (Å²) in [6, 6.07) is 12.7. The summed E-state index contributed by atoms with van der Waals surface area (Å²) in [5.41, 5.74) is 0.476. The lowest BCUT2D eigenvalue weighted by atomic mass is 9.93. The predicted octanol–water partition coefficient (Wildman–Crippen LogP) is 2.94. The fraction of sp³-hybridized carbons (Fsp3) is 0.310. The van der Waals surface area contributed by atoms with Gasteiger partial charge in [-0.05, 0) is 42.5 Å². The Kier molecular flexibility index (Phi) is 9.95. The minimum absolute atomic E-state index is 0.0268. The van der Waals surface area contributed by atoms with Gasteiger partial charge in [0.2, 0.25) is 22.1 Å². The molecule has 0 aliphatic carbocycles. The number of fused-ring (bicyclic) bond motifs is 1. The molecule has 0 fully saturated rings. The summed E-state index contributed by atoms with van der Waals surface area (Å²) in [6.45, 7) is 2.66. The van der Waals surface area contributed by atoms with Gasteiger partial charge in [0.05, 0.1) is 36.9 Å². The van der Waals surface area contributed by atoms with Crippen LogP contribution in [0.15, 0.2) is 93.4 Å². The molecule has 2 aromatic carbocycles. The van der Waals surface area contributed by atoms with Crippen LogP contribution in [0.25, 0.3) is 11.0 Å². The van der Waals surface area contributed by atoms with Crippen molar-refractivity contribution in [3.63, 3.8) is 0 Å². The number of para-hydroxylation sites is 1. The van der Waals surface area contributed by atoms with E-state index in [4.69, 9.17) is 23.4 Å². The van der Waals surface area contributed by atoms with E-state index in [2.05, 4.69) is 6.58 Å². The quantitative estimate of drug-likeness (QED) is 0.235. The molecule has 2 heterocycles. The zero-order valence-corrected chi connectivity index (χ0v) is 23.2. The Balaban J connectivity index is 1.52. The van der Waals surface area contributed by atoms with E-state index in [0.29, 0.717) is 22.3 Å². The molecule has 11 nitrogen and oxygen atoms in total. The van der Waals surface area contributed by atoms with Crippen LogP contribution in [0.1, 0.15) is 17.9 Å². The van der Waals surface area contributed by atoms with E-state index >= 15 is 0 Å². The molecular formula is C29H31NO10S. The number of aliphatic hydroxyl groups is 1. The number of benzene rings is 2. The second-order valence-corrected chi connectivity index (χ2v) is 10.9. The lowest BCUT2D eigenvalue weighted by molar-refractivity contribution is -0.160. The van der Waals surface area contributed by atoms with Gasteiger partial charge in [0.1, 0.15) is 17.9 Å². The van der Waals surface area contributed by atoms with E-state index in [1.165, 1.54) is 49.8 Å². The Labute approximate surface area is 237 Å². The van der Waals surface area contributed by atoms with Gasteiger partial charge in [-0.1, -0.05) is 24.8 Å². The lowest BCUT2D eigenvalue weighted by Crippen LogP contribution is -2.38. The molecule has 12 heteroatoms. The second-order valence-electron chi connectivity index (χ2n) is 9.00. The molecule has 1 N–H and O–H groups in total. The summed E-state index contributed by atoms with van der Waals surface area (Å²) >= 11 is 0. The number of ether oxygens (including phenoxy) is 4. The number of hydrogen-bond donors (Lipinski definition) is 1. The highest BCUT2D eigenvalue weighted by molar-refractivity contribution is 7.89. The van der Waals surface area contributed by atoms with E-state index in [9.17, 15) is 23.1 Å². The van der Waals surface area contributed by atoms with E-state index in [1.54, 1.807) is 24.3 Å². The highest BCUT2D eigenvalue weighted by Crippen LogP contribution is 2.31. The minimum Gasteiger partial charge on any atom is -0.497 e. The van der Waals surface area contributed by atoms with E-state index < -0.39 is 34.8 Å². The van der Waals surface area contributed by atoms with Crippen LogP contribution in [0.2, 0.25) is 0 Å². The zero-order valence-electron chi connectivity index (χ0n) is 22.4. The summed E-state index contributed by atoms with van der Waals surface area (Å²) < 4.78 is 54.9. The fourth-order valence-electron chi connectivity index (χ4n) is 4.32. The van der Waals surface area contributed by atoms with Gasteiger partial charge in [-0.2, -0.15) is 4.31 Å². The predicted molar refractivity (Wildman–Crippen MR) is 149 cm³/mol. The van der Waals surface area contributed by atoms with Crippen LogP contribution in [-0.4, -0.2) is 70.1 Å². The SMILES string of the molecule is C=CCOC(=O)C1=CC(c2coc3ccccc3c2=O)CC(OCCN(CCO)S(=O)(=O)c2ccc(OC)cc2)O1. The van der Waals surface area contributed by atoms with Crippen molar-refractivity contribution in [1.82, 2.24) is 4.31 Å². The van der Waals surface area contributed by atoms with Gasteiger partial charge >= 0.3 is 5.97 Å². The van der Waals surface area contributed by atoms with Gasteiger partial charge in [-0.3, -0.25) is 4.79 Å². The number of hydrogen-bond acceptors (Lipinski definition) is 10.